The van der Waals surface area contributed by atoms with Crippen molar-refractivity contribution in [3.8, 4) is 17.2 Å². The van der Waals surface area contributed by atoms with Crippen LogP contribution in [0.3, 0.4) is 0 Å². The molecule has 0 spiro atoms. The van der Waals surface area contributed by atoms with Crippen molar-refractivity contribution in [2.45, 2.75) is 13.5 Å². The van der Waals surface area contributed by atoms with E-state index in [0.29, 0.717) is 28.9 Å². The average Bonchev–Trinajstić information content (AvgIpc) is 2.80. The Balaban J connectivity index is 1.51. The Morgan fingerprint density at radius 2 is 1.84 bits per heavy atom. The quantitative estimate of drug-likeness (QED) is 0.299. The third-order valence-corrected chi connectivity index (χ3v) is 5.54. The molecule has 0 aliphatic heterocycles. The maximum Gasteiger partial charge on any atom is 0.277 e. The van der Waals surface area contributed by atoms with Crippen molar-refractivity contribution < 1.29 is 19.0 Å². The van der Waals surface area contributed by atoms with Crippen molar-refractivity contribution in [3.05, 3.63) is 86.8 Å². The Bertz CT molecular complexity index is 1100. The summed E-state index contributed by atoms with van der Waals surface area (Å²) in [5.74, 6) is 1.41. The number of hydrogen-bond acceptors (Lipinski definition) is 5. The van der Waals surface area contributed by atoms with Crippen LogP contribution in [-0.2, 0) is 11.4 Å². The molecule has 0 aliphatic rings. The van der Waals surface area contributed by atoms with E-state index < -0.39 is 0 Å². The fourth-order valence-corrected chi connectivity index (χ4v) is 3.06. The predicted octanol–water partition coefficient (Wildman–Crippen LogP) is 5.53. The largest absolute Gasteiger partial charge is 0.493 e. The molecule has 0 bridgehead atoms. The lowest BCUT2D eigenvalue weighted by molar-refractivity contribution is -0.123. The minimum absolute atomic E-state index is 0.140. The van der Waals surface area contributed by atoms with Crippen LogP contribution < -0.4 is 19.6 Å². The molecule has 0 aliphatic carbocycles. The van der Waals surface area contributed by atoms with Gasteiger partial charge in [-0.3, -0.25) is 4.79 Å². The molecule has 0 saturated carbocycles. The van der Waals surface area contributed by atoms with Crippen molar-refractivity contribution in [3.63, 3.8) is 0 Å². The van der Waals surface area contributed by atoms with Crippen molar-refractivity contribution in [2.24, 2.45) is 5.10 Å². The second kappa shape index (κ2) is 11.5. The van der Waals surface area contributed by atoms with Gasteiger partial charge in [0, 0.05) is 9.50 Å². The first-order valence-corrected chi connectivity index (χ1v) is 10.9. The number of methoxy groups -OCH3 is 1. The van der Waals surface area contributed by atoms with Gasteiger partial charge in [0.25, 0.3) is 5.91 Å². The van der Waals surface area contributed by atoms with Gasteiger partial charge in [-0.15, -0.1) is 0 Å². The molecule has 0 fully saturated rings. The van der Waals surface area contributed by atoms with E-state index in [1.165, 1.54) is 6.21 Å². The maximum absolute atomic E-state index is 12.0. The van der Waals surface area contributed by atoms with E-state index >= 15 is 0 Å². The third-order valence-electron chi connectivity index (χ3n) is 4.40. The number of carbonyl (C=O) groups excluding carboxylic acids is 1. The smallest absolute Gasteiger partial charge is 0.277 e. The first-order chi connectivity index (χ1) is 15.4. The number of hydrazone groups is 1. The highest BCUT2D eigenvalue weighted by Crippen LogP contribution is 2.28. The number of rotatable bonds is 9. The van der Waals surface area contributed by atoms with Crippen LogP contribution in [0.4, 0.5) is 0 Å². The van der Waals surface area contributed by atoms with E-state index in [0.717, 1.165) is 21.2 Å². The molecule has 3 aromatic rings. The molecule has 0 saturated heterocycles. The molecule has 0 radical (unpaired) electrons. The van der Waals surface area contributed by atoms with Crippen LogP contribution in [-0.4, -0.2) is 25.8 Å². The van der Waals surface area contributed by atoms with Gasteiger partial charge in [-0.05, 0) is 72.1 Å². The molecular formula is C24H22BrClN2O4. The zero-order chi connectivity index (χ0) is 22.9. The van der Waals surface area contributed by atoms with Gasteiger partial charge in [-0.2, -0.15) is 5.10 Å². The summed E-state index contributed by atoms with van der Waals surface area (Å²) >= 11 is 9.33. The van der Waals surface area contributed by atoms with Crippen molar-refractivity contribution in [2.75, 3.05) is 13.7 Å². The van der Waals surface area contributed by atoms with Gasteiger partial charge in [-0.25, -0.2) is 5.43 Å². The molecule has 0 atom stereocenters. The summed E-state index contributed by atoms with van der Waals surface area (Å²) in [6, 6.07) is 18.3. The van der Waals surface area contributed by atoms with Crippen LogP contribution in [0.15, 0.2) is 70.2 Å². The number of nitrogens with one attached hydrogen (secondary N) is 1. The van der Waals surface area contributed by atoms with E-state index in [9.17, 15) is 4.79 Å². The summed E-state index contributed by atoms with van der Waals surface area (Å²) in [6.07, 6.45) is 1.52. The molecule has 0 aromatic heterocycles. The number of hydrogen-bond donors (Lipinski definition) is 1. The highest BCUT2D eigenvalue weighted by atomic mass is 79.9. The Morgan fingerprint density at radius 3 is 2.56 bits per heavy atom. The predicted molar refractivity (Wildman–Crippen MR) is 129 cm³/mol. The lowest BCUT2D eigenvalue weighted by Gasteiger charge is -2.11. The summed E-state index contributed by atoms with van der Waals surface area (Å²) in [4.78, 5) is 12.0. The number of halogens is 2. The summed E-state index contributed by atoms with van der Waals surface area (Å²) < 4.78 is 17.7. The summed E-state index contributed by atoms with van der Waals surface area (Å²) in [5.41, 5.74) is 5.20. The molecule has 166 valence electrons. The standard InChI is InChI=1S/C24H22BrClN2O4/c1-16-11-20(8-9-21(16)25)31-15-24(29)28-27-13-18-5-10-22(23(12-18)30-2)32-14-17-3-6-19(26)7-4-17/h3-13H,14-15H2,1-2H3,(H,28,29)/b27-13+. The molecule has 1 N–H and O–H groups in total. The van der Waals surface area contributed by atoms with E-state index in [-0.39, 0.29) is 12.5 Å². The van der Waals surface area contributed by atoms with Gasteiger partial charge in [0.05, 0.1) is 13.3 Å². The van der Waals surface area contributed by atoms with Crippen molar-refractivity contribution >= 4 is 39.7 Å². The van der Waals surface area contributed by atoms with Crippen LogP contribution in [0.25, 0.3) is 0 Å². The average molecular weight is 518 g/mol. The number of nitrogens with zero attached hydrogens (tertiary/aromatic N) is 1. The first kappa shape index (κ1) is 23.6. The number of ether oxygens (including phenoxy) is 3. The Kier molecular flexibility index (Phi) is 8.53. The van der Waals surface area contributed by atoms with Gasteiger partial charge in [0.1, 0.15) is 12.4 Å². The van der Waals surface area contributed by atoms with Crippen LogP contribution in [0.2, 0.25) is 5.02 Å². The highest BCUT2D eigenvalue weighted by Gasteiger charge is 2.07. The topological polar surface area (TPSA) is 69.2 Å². The first-order valence-electron chi connectivity index (χ1n) is 9.71. The molecule has 3 rings (SSSR count). The molecule has 8 heteroatoms. The van der Waals surface area contributed by atoms with Crippen molar-refractivity contribution in [1.82, 2.24) is 5.43 Å². The molecular weight excluding hydrogens is 496 g/mol. The van der Waals surface area contributed by atoms with Crippen LogP contribution >= 0.6 is 27.5 Å². The maximum atomic E-state index is 12.0. The Labute approximate surface area is 200 Å². The highest BCUT2D eigenvalue weighted by molar-refractivity contribution is 9.10. The normalized spacial score (nSPS) is 10.8. The van der Waals surface area contributed by atoms with Crippen LogP contribution in [0.1, 0.15) is 16.7 Å². The minimum atomic E-state index is -0.364. The van der Waals surface area contributed by atoms with Gasteiger partial charge in [0.2, 0.25) is 0 Å². The van der Waals surface area contributed by atoms with Gasteiger partial charge in [0.15, 0.2) is 18.1 Å². The van der Waals surface area contributed by atoms with Gasteiger partial charge < -0.3 is 14.2 Å². The fraction of sp³-hybridized carbons (Fsp3) is 0.167. The molecule has 0 unspecified atom stereocenters. The molecule has 1 amide bonds. The molecule has 32 heavy (non-hydrogen) atoms. The van der Waals surface area contributed by atoms with Crippen molar-refractivity contribution in [1.29, 1.82) is 0 Å². The minimum Gasteiger partial charge on any atom is -0.493 e. The second-order valence-corrected chi connectivity index (χ2v) is 8.11. The van der Waals surface area contributed by atoms with Gasteiger partial charge in [-0.1, -0.05) is 39.7 Å². The zero-order valence-corrected chi connectivity index (χ0v) is 19.9. The summed E-state index contributed by atoms with van der Waals surface area (Å²) in [7, 11) is 1.56. The lowest BCUT2D eigenvalue weighted by atomic mass is 10.2. The van der Waals surface area contributed by atoms with E-state index in [4.69, 9.17) is 25.8 Å². The number of aryl methyl sites for hydroxylation is 1. The van der Waals surface area contributed by atoms with E-state index in [2.05, 4.69) is 26.5 Å². The fourth-order valence-electron chi connectivity index (χ4n) is 2.69. The van der Waals surface area contributed by atoms with Crippen LogP contribution in [0, 0.1) is 6.92 Å². The van der Waals surface area contributed by atoms with Crippen LogP contribution in [0.5, 0.6) is 17.2 Å². The van der Waals surface area contributed by atoms with E-state index in [1.807, 2.05) is 49.4 Å². The molecule has 6 nitrogen and oxygen atoms in total. The van der Waals surface area contributed by atoms with Gasteiger partial charge >= 0.3 is 0 Å². The molecule has 3 aromatic carbocycles. The number of carbonyl (C=O) groups is 1. The third kappa shape index (κ3) is 7.00. The second-order valence-electron chi connectivity index (χ2n) is 6.82. The summed E-state index contributed by atoms with van der Waals surface area (Å²) in [6.45, 7) is 2.19. The number of benzene rings is 3. The zero-order valence-electron chi connectivity index (χ0n) is 17.6. The number of amides is 1. The molecule has 0 heterocycles. The SMILES string of the molecule is COc1cc(/C=N/NC(=O)COc2ccc(Br)c(C)c2)ccc1OCc1ccc(Cl)cc1. The summed E-state index contributed by atoms with van der Waals surface area (Å²) in [5, 5.41) is 4.65. The van der Waals surface area contributed by atoms with E-state index in [1.54, 1.807) is 25.3 Å². The Morgan fingerprint density at radius 1 is 1.06 bits per heavy atom. The Hall–Kier alpha value is -3.03. The lowest BCUT2D eigenvalue weighted by Crippen LogP contribution is -2.24. The monoisotopic (exact) mass is 516 g/mol.